The third-order valence-electron chi connectivity index (χ3n) is 5.53. The molecule has 0 saturated carbocycles. The maximum Gasteiger partial charge on any atom is 0.339 e. The van der Waals surface area contributed by atoms with E-state index in [2.05, 4.69) is 38.3 Å². The highest BCUT2D eigenvalue weighted by atomic mass is 35.5. The molecular formula is C21H31Cl3N2O3. The van der Waals surface area contributed by atoms with Crippen molar-refractivity contribution in [3.63, 3.8) is 0 Å². The zero-order chi connectivity index (χ0) is 20.1. The second-order valence-corrected chi connectivity index (χ2v) is 9.49. The SMILES string of the molecule is Cc1c(C)c2cc(Cl)c(O)c(CNC3CC(C)(C)NC(C)(C)C3)c2oc1=O.Cl.Cl. The molecule has 3 N–H and O–H groups in total. The van der Waals surface area contributed by atoms with Gasteiger partial charge in [0, 0.05) is 34.6 Å². The number of aryl methyl sites for hydroxylation is 1. The number of halogens is 3. The number of hydrogen-bond donors (Lipinski definition) is 3. The van der Waals surface area contributed by atoms with Crippen LogP contribution in [0, 0.1) is 13.8 Å². The van der Waals surface area contributed by atoms with Gasteiger partial charge in [-0.25, -0.2) is 4.79 Å². The van der Waals surface area contributed by atoms with Gasteiger partial charge in [0.05, 0.1) is 10.6 Å². The molecule has 1 aromatic carbocycles. The van der Waals surface area contributed by atoms with E-state index in [4.69, 9.17) is 16.0 Å². The predicted molar refractivity (Wildman–Crippen MR) is 124 cm³/mol. The lowest BCUT2D eigenvalue weighted by molar-refractivity contribution is 0.145. The Hall–Kier alpha value is -0.980. The van der Waals surface area contributed by atoms with Gasteiger partial charge in [0.2, 0.25) is 0 Å². The number of phenolic OH excluding ortho intramolecular Hbond substituents is 1. The number of rotatable bonds is 3. The van der Waals surface area contributed by atoms with Crippen LogP contribution >= 0.6 is 36.4 Å². The van der Waals surface area contributed by atoms with Crippen LogP contribution < -0.4 is 16.3 Å². The van der Waals surface area contributed by atoms with Gasteiger partial charge in [0.15, 0.2) is 0 Å². The molecule has 29 heavy (non-hydrogen) atoms. The average Bonchev–Trinajstić information content (AvgIpc) is 2.52. The number of fused-ring (bicyclic) bond motifs is 1. The fourth-order valence-corrected chi connectivity index (χ4v) is 4.69. The van der Waals surface area contributed by atoms with Crippen molar-refractivity contribution in [1.82, 2.24) is 10.6 Å². The van der Waals surface area contributed by atoms with E-state index < -0.39 is 0 Å². The van der Waals surface area contributed by atoms with Crippen LogP contribution in [0.4, 0.5) is 0 Å². The van der Waals surface area contributed by atoms with Gasteiger partial charge in [-0.2, -0.15) is 0 Å². The summed E-state index contributed by atoms with van der Waals surface area (Å²) < 4.78 is 5.54. The minimum atomic E-state index is -0.382. The monoisotopic (exact) mass is 464 g/mol. The normalized spacial score (nSPS) is 18.2. The minimum Gasteiger partial charge on any atom is -0.506 e. The van der Waals surface area contributed by atoms with E-state index in [1.165, 1.54) is 0 Å². The van der Waals surface area contributed by atoms with Gasteiger partial charge in [0.1, 0.15) is 11.3 Å². The Morgan fingerprint density at radius 3 is 2.28 bits per heavy atom. The number of hydrogen-bond acceptors (Lipinski definition) is 5. The summed E-state index contributed by atoms with van der Waals surface area (Å²) in [6.45, 7) is 12.8. The summed E-state index contributed by atoms with van der Waals surface area (Å²) in [7, 11) is 0. The fourth-order valence-electron chi connectivity index (χ4n) is 4.47. The van der Waals surface area contributed by atoms with Crippen LogP contribution in [0.5, 0.6) is 5.75 Å². The molecule has 0 atom stereocenters. The lowest BCUT2D eigenvalue weighted by atomic mass is 9.79. The quantitative estimate of drug-likeness (QED) is 0.556. The highest BCUT2D eigenvalue weighted by Crippen LogP contribution is 2.36. The van der Waals surface area contributed by atoms with E-state index in [-0.39, 0.29) is 58.3 Å². The second kappa shape index (κ2) is 9.03. The first-order chi connectivity index (χ1) is 12.4. The molecule has 1 aliphatic heterocycles. The number of benzene rings is 1. The van der Waals surface area contributed by atoms with Crippen molar-refractivity contribution in [2.45, 2.75) is 78.0 Å². The average molecular weight is 466 g/mol. The van der Waals surface area contributed by atoms with Crippen molar-refractivity contribution in [1.29, 1.82) is 0 Å². The molecule has 1 fully saturated rings. The highest BCUT2D eigenvalue weighted by molar-refractivity contribution is 6.33. The lowest BCUT2D eigenvalue weighted by Gasteiger charge is -2.46. The summed E-state index contributed by atoms with van der Waals surface area (Å²) >= 11 is 6.26. The Morgan fingerprint density at radius 2 is 1.72 bits per heavy atom. The van der Waals surface area contributed by atoms with E-state index in [9.17, 15) is 9.90 Å². The first kappa shape index (κ1) is 26.1. The zero-order valence-electron chi connectivity index (χ0n) is 17.7. The van der Waals surface area contributed by atoms with Gasteiger partial charge in [-0.3, -0.25) is 0 Å². The molecule has 0 unspecified atom stereocenters. The summed E-state index contributed by atoms with van der Waals surface area (Å²) in [5.41, 5.74) is 1.97. The van der Waals surface area contributed by atoms with Gasteiger partial charge in [-0.05, 0) is 66.0 Å². The van der Waals surface area contributed by atoms with E-state index in [0.29, 0.717) is 23.3 Å². The fraction of sp³-hybridized carbons (Fsp3) is 0.571. The van der Waals surface area contributed by atoms with Crippen molar-refractivity contribution in [2.24, 2.45) is 0 Å². The maximum absolute atomic E-state index is 12.2. The molecule has 1 aromatic heterocycles. The first-order valence-corrected chi connectivity index (χ1v) is 9.75. The largest absolute Gasteiger partial charge is 0.506 e. The molecule has 3 rings (SSSR count). The Bertz CT molecular complexity index is 939. The number of phenols is 1. The summed E-state index contributed by atoms with van der Waals surface area (Å²) in [5, 5.41) is 18.8. The van der Waals surface area contributed by atoms with E-state index in [1.54, 1.807) is 13.0 Å². The molecule has 8 heteroatoms. The molecule has 0 radical (unpaired) electrons. The van der Waals surface area contributed by atoms with Gasteiger partial charge < -0.3 is 20.2 Å². The molecule has 1 aliphatic rings. The van der Waals surface area contributed by atoms with Crippen LogP contribution in [-0.2, 0) is 6.54 Å². The molecule has 5 nitrogen and oxygen atoms in total. The van der Waals surface area contributed by atoms with Crippen molar-refractivity contribution in [3.8, 4) is 5.75 Å². The highest BCUT2D eigenvalue weighted by Gasteiger charge is 2.37. The summed E-state index contributed by atoms with van der Waals surface area (Å²) in [5.74, 6) is -0.0319. The van der Waals surface area contributed by atoms with E-state index >= 15 is 0 Å². The topological polar surface area (TPSA) is 74.5 Å². The Morgan fingerprint density at radius 1 is 1.17 bits per heavy atom. The first-order valence-electron chi connectivity index (χ1n) is 9.37. The van der Waals surface area contributed by atoms with Crippen molar-refractivity contribution in [3.05, 3.63) is 38.2 Å². The van der Waals surface area contributed by atoms with Crippen molar-refractivity contribution >= 4 is 47.4 Å². The molecule has 2 heterocycles. The van der Waals surface area contributed by atoms with E-state index in [1.807, 2.05) is 6.92 Å². The van der Waals surface area contributed by atoms with Crippen LogP contribution in [0.3, 0.4) is 0 Å². The van der Waals surface area contributed by atoms with Gasteiger partial charge >= 0.3 is 5.63 Å². The number of nitrogens with one attached hydrogen (secondary N) is 2. The molecule has 0 amide bonds. The van der Waals surface area contributed by atoms with Crippen LogP contribution in [-0.4, -0.2) is 22.2 Å². The van der Waals surface area contributed by atoms with Gasteiger partial charge in [-0.15, -0.1) is 24.8 Å². The summed E-state index contributed by atoms with van der Waals surface area (Å²) in [6.07, 6.45) is 1.91. The lowest BCUT2D eigenvalue weighted by Crippen LogP contribution is -2.61. The Kier molecular flexibility index (Phi) is 8.11. The van der Waals surface area contributed by atoms with E-state index in [0.717, 1.165) is 23.8 Å². The molecule has 0 aliphatic carbocycles. The predicted octanol–water partition coefficient (Wildman–Crippen LogP) is 5.01. The Balaban J connectivity index is 0.00000210. The molecule has 0 spiro atoms. The zero-order valence-corrected chi connectivity index (χ0v) is 20.1. The standard InChI is InChI=1S/C21H29ClN2O3.2ClH/c1-11-12(2)19(26)27-18-14(11)7-16(22)17(25)15(18)10-23-13-8-20(3,4)24-21(5,6)9-13;;/h7,13,23-25H,8-10H2,1-6H3;2*1H. The number of piperidine rings is 1. The number of aromatic hydroxyl groups is 1. The summed E-state index contributed by atoms with van der Waals surface area (Å²) in [4.78, 5) is 12.2. The van der Waals surface area contributed by atoms with Crippen molar-refractivity contribution in [2.75, 3.05) is 0 Å². The smallest absolute Gasteiger partial charge is 0.339 e. The summed E-state index contributed by atoms with van der Waals surface area (Å²) in [6, 6.07) is 1.93. The molecule has 2 aromatic rings. The van der Waals surface area contributed by atoms with Crippen LogP contribution in [0.25, 0.3) is 11.0 Å². The molecular weight excluding hydrogens is 435 g/mol. The Labute approximate surface area is 189 Å². The molecule has 0 bridgehead atoms. The molecule has 1 saturated heterocycles. The van der Waals surface area contributed by atoms with Crippen LogP contribution in [0.1, 0.15) is 57.2 Å². The van der Waals surface area contributed by atoms with Crippen molar-refractivity contribution < 1.29 is 9.52 Å². The van der Waals surface area contributed by atoms with Crippen LogP contribution in [0.15, 0.2) is 15.3 Å². The van der Waals surface area contributed by atoms with Gasteiger partial charge in [-0.1, -0.05) is 11.6 Å². The third-order valence-corrected chi connectivity index (χ3v) is 5.82. The second-order valence-electron chi connectivity index (χ2n) is 9.08. The maximum atomic E-state index is 12.2. The minimum absolute atomic E-state index is 0. The van der Waals surface area contributed by atoms with Crippen LogP contribution in [0.2, 0.25) is 5.02 Å². The third kappa shape index (κ3) is 5.39. The molecule has 164 valence electrons. The van der Waals surface area contributed by atoms with Gasteiger partial charge in [0.25, 0.3) is 0 Å².